The highest BCUT2D eigenvalue weighted by Gasteiger charge is 2.19. The summed E-state index contributed by atoms with van der Waals surface area (Å²) < 4.78 is 0. The Balaban J connectivity index is 1.92. The van der Waals surface area contributed by atoms with Crippen LogP contribution in [0.5, 0.6) is 11.5 Å². The summed E-state index contributed by atoms with van der Waals surface area (Å²) in [5.41, 5.74) is 3.10. The van der Waals surface area contributed by atoms with Gasteiger partial charge in [0, 0.05) is 5.69 Å². The average Bonchev–Trinajstić information content (AvgIpc) is 2.47. The van der Waals surface area contributed by atoms with E-state index >= 15 is 0 Å². The third kappa shape index (κ3) is 2.57. The summed E-state index contributed by atoms with van der Waals surface area (Å²) in [5.74, 6) is -0.945. The van der Waals surface area contributed by atoms with Crippen LogP contribution in [0.3, 0.4) is 0 Å². The lowest BCUT2D eigenvalue weighted by Gasteiger charge is -2.19. The van der Waals surface area contributed by atoms with Crippen LogP contribution in [0.25, 0.3) is 0 Å². The topological polar surface area (TPSA) is 69.6 Å². The summed E-state index contributed by atoms with van der Waals surface area (Å²) in [6.07, 6.45) is 4.26. The number of hydrogen-bond donors (Lipinski definition) is 3. The molecule has 0 saturated carbocycles. The van der Waals surface area contributed by atoms with E-state index in [2.05, 4.69) is 11.4 Å². The third-order valence-corrected chi connectivity index (χ3v) is 3.89. The van der Waals surface area contributed by atoms with Crippen molar-refractivity contribution in [2.45, 2.75) is 25.7 Å². The molecule has 0 aromatic heterocycles. The molecular weight excluding hydrogens is 266 g/mol. The fraction of sp³-hybridized carbons (Fsp3) is 0.235. The summed E-state index contributed by atoms with van der Waals surface area (Å²) in [5, 5.41) is 22.3. The second-order valence-corrected chi connectivity index (χ2v) is 5.28. The Labute approximate surface area is 123 Å². The van der Waals surface area contributed by atoms with Crippen molar-refractivity contribution < 1.29 is 15.0 Å². The number of carbonyl (C=O) groups is 1. The quantitative estimate of drug-likeness (QED) is 0.792. The number of anilines is 1. The highest BCUT2D eigenvalue weighted by atomic mass is 16.3. The normalized spacial score (nSPS) is 13.5. The SMILES string of the molecule is O=C(Nc1cccc2c1CCCC2)c1c(O)cccc1O. The van der Waals surface area contributed by atoms with Crippen molar-refractivity contribution in [2.24, 2.45) is 0 Å². The maximum absolute atomic E-state index is 12.3. The Morgan fingerprint density at radius 1 is 0.952 bits per heavy atom. The van der Waals surface area contributed by atoms with Gasteiger partial charge in [0.1, 0.15) is 17.1 Å². The zero-order valence-corrected chi connectivity index (χ0v) is 11.6. The molecule has 0 unspecified atom stereocenters. The zero-order chi connectivity index (χ0) is 14.8. The molecule has 21 heavy (non-hydrogen) atoms. The monoisotopic (exact) mass is 283 g/mol. The van der Waals surface area contributed by atoms with Crippen LogP contribution in [0.1, 0.15) is 34.3 Å². The Bertz CT molecular complexity index is 674. The molecule has 2 aromatic rings. The van der Waals surface area contributed by atoms with Crippen molar-refractivity contribution in [1.82, 2.24) is 0 Å². The number of rotatable bonds is 2. The van der Waals surface area contributed by atoms with Crippen LogP contribution in [0.2, 0.25) is 0 Å². The van der Waals surface area contributed by atoms with E-state index in [0.717, 1.165) is 30.5 Å². The lowest BCUT2D eigenvalue weighted by molar-refractivity contribution is 0.102. The maximum Gasteiger partial charge on any atom is 0.263 e. The molecule has 0 aliphatic heterocycles. The smallest absolute Gasteiger partial charge is 0.263 e. The first-order valence-electron chi connectivity index (χ1n) is 7.10. The first-order valence-corrected chi connectivity index (χ1v) is 7.10. The Hall–Kier alpha value is -2.49. The second kappa shape index (κ2) is 5.48. The molecule has 2 aromatic carbocycles. The molecule has 108 valence electrons. The molecule has 0 atom stereocenters. The molecule has 0 saturated heterocycles. The lowest BCUT2D eigenvalue weighted by atomic mass is 9.90. The van der Waals surface area contributed by atoms with Crippen LogP contribution in [-0.2, 0) is 12.8 Å². The van der Waals surface area contributed by atoms with Crippen LogP contribution >= 0.6 is 0 Å². The van der Waals surface area contributed by atoms with E-state index in [1.807, 2.05) is 12.1 Å². The van der Waals surface area contributed by atoms with Gasteiger partial charge in [-0.15, -0.1) is 0 Å². The van der Waals surface area contributed by atoms with Gasteiger partial charge in [0.05, 0.1) is 0 Å². The highest BCUT2D eigenvalue weighted by molar-refractivity contribution is 6.08. The predicted molar refractivity (Wildman–Crippen MR) is 80.8 cm³/mol. The number of benzene rings is 2. The number of hydrogen-bond acceptors (Lipinski definition) is 3. The Kier molecular flexibility index (Phi) is 3.52. The molecule has 1 aliphatic carbocycles. The third-order valence-electron chi connectivity index (χ3n) is 3.89. The van der Waals surface area contributed by atoms with Crippen molar-refractivity contribution in [2.75, 3.05) is 5.32 Å². The van der Waals surface area contributed by atoms with Gasteiger partial charge in [-0.2, -0.15) is 0 Å². The summed E-state index contributed by atoms with van der Waals surface area (Å²) in [6.45, 7) is 0. The van der Waals surface area contributed by atoms with E-state index in [1.54, 1.807) is 0 Å². The minimum absolute atomic E-state index is 0.0917. The number of fused-ring (bicyclic) bond motifs is 1. The van der Waals surface area contributed by atoms with Gasteiger partial charge < -0.3 is 15.5 Å². The van der Waals surface area contributed by atoms with Crippen LogP contribution in [-0.4, -0.2) is 16.1 Å². The van der Waals surface area contributed by atoms with Crippen molar-refractivity contribution in [1.29, 1.82) is 0 Å². The summed E-state index contributed by atoms with van der Waals surface area (Å²) in [6, 6.07) is 10.1. The van der Waals surface area contributed by atoms with Gasteiger partial charge in [0.25, 0.3) is 5.91 Å². The molecule has 0 bridgehead atoms. The molecule has 4 nitrogen and oxygen atoms in total. The standard InChI is InChI=1S/C17H17NO3/c19-14-9-4-10-15(20)16(14)17(21)18-13-8-3-6-11-5-1-2-7-12(11)13/h3-4,6,8-10,19-20H,1-2,5,7H2,(H,18,21). The van der Waals surface area contributed by atoms with E-state index < -0.39 is 5.91 Å². The minimum atomic E-state index is -0.496. The van der Waals surface area contributed by atoms with Crippen molar-refractivity contribution >= 4 is 11.6 Å². The van der Waals surface area contributed by atoms with Gasteiger partial charge >= 0.3 is 0 Å². The van der Waals surface area contributed by atoms with E-state index in [-0.39, 0.29) is 17.1 Å². The number of aromatic hydroxyl groups is 2. The van der Waals surface area contributed by atoms with E-state index in [4.69, 9.17) is 0 Å². The second-order valence-electron chi connectivity index (χ2n) is 5.28. The number of phenolic OH excluding ortho intramolecular Hbond substituents is 2. The molecule has 4 heteroatoms. The fourth-order valence-electron chi connectivity index (χ4n) is 2.84. The van der Waals surface area contributed by atoms with Crippen molar-refractivity contribution in [3.63, 3.8) is 0 Å². The Morgan fingerprint density at radius 2 is 1.62 bits per heavy atom. The molecule has 1 amide bonds. The highest BCUT2D eigenvalue weighted by Crippen LogP contribution is 2.31. The molecule has 0 heterocycles. The van der Waals surface area contributed by atoms with Crippen LogP contribution in [0.15, 0.2) is 36.4 Å². The lowest BCUT2D eigenvalue weighted by Crippen LogP contribution is -2.15. The van der Waals surface area contributed by atoms with Gasteiger partial charge in [-0.25, -0.2) is 0 Å². The minimum Gasteiger partial charge on any atom is -0.507 e. The molecule has 0 radical (unpaired) electrons. The predicted octanol–water partition coefficient (Wildman–Crippen LogP) is 3.23. The van der Waals surface area contributed by atoms with Crippen LogP contribution in [0, 0.1) is 0 Å². The van der Waals surface area contributed by atoms with Gasteiger partial charge in [-0.05, 0) is 55.0 Å². The molecule has 0 fully saturated rings. The first-order chi connectivity index (χ1) is 10.2. The number of carbonyl (C=O) groups excluding carboxylic acids is 1. The summed E-state index contributed by atoms with van der Waals surface area (Å²) >= 11 is 0. The molecule has 3 N–H and O–H groups in total. The number of aryl methyl sites for hydroxylation is 1. The largest absolute Gasteiger partial charge is 0.507 e. The van der Waals surface area contributed by atoms with Gasteiger partial charge in [0.15, 0.2) is 0 Å². The summed E-state index contributed by atoms with van der Waals surface area (Å²) in [4.78, 5) is 12.3. The van der Waals surface area contributed by atoms with Gasteiger partial charge in [0.2, 0.25) is 0 Å². The van der Waals surface area contributed by atoms with Crippen molar-refractivity contribution in [3.8, 4) is 11.5 Å². The Morgan fingerprint density at radius 3 is 2.38 bits per heavy atom. The van der Waals surface area contributed by atoms with Crippen molar-refractivity contribution in [3.05, 3.63) is 53.1 Å². The molecular formula is C17H17NO3. The molecule has 0 spiro atoms. The summed E-state index contributed by atoms with van der Waals surface area (Å²) in [7, 11) is 0. The first kappa shape index (κ1) is 13.5. The maximum atomic E-state index is 12.3. The molecule has 3 rings (SSSR count). The van der Waals surface area contributed by atoms with Gasteiger partial charge in [-0.3, -0.25) is 4.79 Å². The fourth-order valence-corrected chi connectivity index (χ4v) is 2.84. The zero-order valence-electron chi connectivity index (χ0n) is 11.6. The van der Waals surface area contributed by atoms with E-state index in [1.165, 1.54) is 30.2 Å². The van der Waals surface area contributed by atoms with Gasteiger partial charge in [-0.1, -0.05) is 18.2 Å². The number of nitrogens with one attached hydrogen (secondary N) is 1. The van der Waals surface area contributed by atoms with E-state index in [0.29, 0.717) is 0 Å². The number of amides is 1. The van der Waals surface area contributed by atoms with Crippen LogP contribution in [0.4, 0.5) is 5.69 Å². The van der Waals surface area contributed by atoms with E-state index in [9.17, 15) is 15.0 Å². The number of phenols is 2. The molecule has 1 aliphatic rings. The average molecular weight is 283 g/mol. The van der Waals surface area contributed by atoms with Crippen LogP contribution < -0.4 is 5.32 Å².